The van der Waals surface area contributed by atoms with E-state index in [4.69, 9.17) is 0 Å². The van der Waals surface area contributed by atoms with Crippen LogP contribution in [0.15, 0.2) is 24.8 Å². The molecule has 0 N–H and O–H groups in total. The number of anilines is 2. The molecule has 8 heteroatoms. The molecule has 2 aromatic heterocycles. The first kappa shape index (κ1) is 15.2. The molecule has 2 fully saturated rings. The van der Waals surface area contributed by atoms with Crippen molar-refractivity contribution in [1.82, 2.24) is 19.9 Å². The van der Waals surface area contributed by atoms with Crippen LogP contribution >= 0.6 is 0 Å². The van der Waals surface area contributed by atoms with Crippen LogP contribution in [0.4, 0.5) is 20.7 Å². The third-order valence-electron chi connectivity index (χ3n) is 4.88. The fraction of sp³-hybridized carbons (Fsp3) is 0.500. The molecule has 1 spiro atoms. The maximum absolute atomic E-state index is 13.0. The van der Waals surface area contributed by atoms with Gasteiger partial charge in [-0.1, -0.05) is 0 Å². The normalized spacial score (nSPS) is 23.9. The van der Waals surface area contributed by atoms with Gasteiger partial charge in [-0.15, -0.1) is 0 Å². The van der Waals surface area contributed by atoms with Crippen LogP contribution in [0.25, 0.3) is 0 Å². The van der Waals surface area contributed by atoms with Gasteiger partial charge in [-0.2, -0.15) is 0 Å². The highest BCUT2D eigenvalue weighted by Gasteiger charge is 2.42. The summed E-state index contributed by atoms with van der Waals surface area (Å²) in [6.07, 6.45) is 7.99. The summed E-state index contributed by atoms with van der Waals surface area (Å²) in [6.45, 7) is 3.39. The predicted molar refractivity (Wildman–Crippen MR) is 84.7 cm³/mol. The number of hydrogen-bond donors (Lipinski definition) is 0. The standard InChI is InChI=1S/C16H18F2N6/c17-12-6-19-14(20-7-12)23-4-1-2-16(10-23)3-5-24(11-16)15-21-8-13(18)9-22-15/h6-9H,1-5,10-11H2/t16-/m0/s1. The van der Waals surface area contributed by atoms with E-state index in [0.717, 1.165) is 45.4 Å². The van der Waals surface area contributed by atoms with E-state index in [1.165, 1.54) is 24.8 Å². The smallest absolute Gasteiger partial charge is 0.225 e. The number of aromatic nitrogens is 4. The van der Waals surface area contributed by atoms with E-state index in [2.05, 4.69) is 29.7 Å². The van der Waals surface area contributed by atoms with Crippen LogP contribution in [-0.4, -0.2) is 46.1 Å². The summed E-state index contributed by atoms with van der Waals surface area (Å²) in [4.78, 5) is 20.6. The summed E-state index contributed by atoms with van der Waals surface area (Å²) < 4.78 is 26.0. The molecule has 2 saturated heterocycles. The molecule has 0 bridgehead atoms. The molecule has 6 nitrogen and oxygen atoms in total. The average molecular weight is 332 g/mol. The Labute approximate surface area is 138 Å². The quantitative estimate of drug-likeness (QED) is 0.839. The molecular weight excluding hydrogens is 314 g/mol. The van der Waals surface area contributed by atoms with Gasteiger partial charge >= 0.3 is 0 Å². The van der Waals surface area contributed by atoms with Gasteiger partial charge in [0.1, 0.15) is 0 Å². The van der Waals surface area contributed by atoms with Crippen molar-refractivity contribution in [3.8, 4) is 0 Å². The van der Waals surface area contributed by atoms with Crippen LogP contribution in [0.5, 0.6) is 0 Å². The lowest BCUT2D eigenvalue weighted by molar-refractivity contribution is 0.262. The van der Waals surface area contributed by atoms with Gasteiger partial charge in [-0.05, 0) is 19.3 Å². The van der Waals surface area contributed by atoms with Crippen molar-refractivity contribution in [1.29, 1.82) is 0 Å². The van der Waals surface area contributed by atoms with Crippen LogP contribution in [-0.2, 0) is 0 Å². The second kappa shape index (κ2) is 5.92. The van der Waals surface area contributed by atoms with Gasteiger partial charge in [0.25, 0.3) is 0 Å². The molecule has 126 valence electrons. The first-order valence-electron chi connectivity index (χ1n) is 8.09. The van der Waals surface area contributed by atoms with Gasteiger partial charge in [-0.3, -0.25) is 0 Å². The SMILES string of the molecule is Fc1cnc(N2CCC[C@]3(CCN(c4ncc(F)cn4)C3)C2)nc1. The summed E-state index contributed by atoms with van der Waals surface area (Å²) in [5, 5.41) is 0. The predicted octanol–water partition coefficient (Wildman–Crippen LogP) is 2.04. The molecule has 24 heavy (non-hydrogen) atoms. The lowest BCUT2D eigenvalue weighted by atomic mass is 9.79. The number of nitrogens with zero attached hydrogens (tertiary/aromatic N) is 6. The van der Waals surface area contributed by atoms with Crippen molar-refractivity contribution in [3.63, 3.8) is 0 Å². The number of rotatable bonds is 2. The highest BCUT2D eigenvalue weighted by molar-refractivity contribution is 5.36. The highest BCUT2D eigenvalue weighted by Crippen LogP contribution is 2.40. The van der Waals surface area contributed by atoms with E-state index in [1.54, 1.807) is 0 Å². The molecule has 0 aliphatic carbocycles. The Hall–Kier alpha value is -2.38. The topological polar surface area (TPSA) is 58.0 Å². The summed E-state index contributed by atoms with van der Waals surface area (Å²) in [6, 6.07) is 0. The Morgan fingerprint density at radius 2 is 1.25 bits per heavy atom. The van der Waals surface area contributed by atoms with E-state index < -0.39 is 11.6 Å². The molecular formula is C16H18F2N6. The minimum absolute atomic E-state index is 0.119. The highest BCUT2D eigenvalue weighted by atomic mass is 19.1. The fourth-order valence-electron chi connectivity index (χ4n) is 3.76. The summed E-state index contributed by atoms with van der Waals surface area (Å²) >= 11 is 0. The second-order valence-corrected chi connectivity index (χ2v) is 6.60. The van der Waals surface area contributed by atoms with Gasteiger partial charge < -0.3 is 9.80 Å². The van der Waals surface area contributed by atoms with Crippen molar-refractivity contribution in [3.05, 3.63) is 36.4 Å². The Bertz CT molecular complexity index is 708. The average Bonchev–Trinajstić information content (AvgIpc) is 2.99. The number of hydrogen-bond acceptors (Lipinski definition) is 6. The monoisotopic (exact) mass is 332 g/mol. The van der Waals surface area contributed by atoms with Gasteiger partial charge in [0.15, 0.2) is 11.6 Å². The second-order valence-electron chi connectivity index (χ2n) is 6.60. The Balaban J connectivity index is 1.49. The maximum Gasteiger partial charge on any atom is 0.225 e. The summed E-state index contributed by atoms with van der Waals surface area (Å²) in [7, 11) is 0. The Kier molecular flexibility index (Phi) is 3.74. The van der Waals surface area contributed by atoms with Crippen LogP contribution in [0.3, 0.4) is 0 Å². The van der Waals surface area contributed by atoms with Crippen molar-refractivity contribution in [2.45, 2.75) is 19.3 Å². The zero-order valence-electron chi connectivity index (χ0n) is 13.2. The van der Waals surface area contributed by atoms with Crippen molar-refractivity contribution in [2.24, 2.45) is 5.41 Å². The molecule has 4 heterocycles. The zero-order valence-corrected chi connectivity index (χ0v) is 13.2. The molecule has 2 aliphatic rings. The molecule has 0 aromatic carbocycles. The molecule has 2 aliphatic heterocycles. The van der Waals surface area contributed by atoms with Crippen LogP contribution in [0.1, 0.15) is 19.3 Å². The maximum atomic E-state index is 13.0. The van der Waals surface area contributed by atoms with E-state index in [-0.39, 0.29) is 5.41 Å². The Morgan fingerprint density at radius 1 is 0.750 bits per heavy atom. The van der Waals surface area contributed by atoms with Gasteiger partial charge in [0.05, 0.1) is 24.8 Å². The molecule has 0 amide bonds. The molecule has 1 atom stereocenters. The van der Waals surface area contributed by atoms with Crippen molar-refractivity contribution in [2.75, 3.05) is 36.0 Å². The van der Waals surface area contributed by atoms with E-state index in [0.29, 0.717) is 11.9 Å². The zero-order chi connectivity index (χ0) is 16.6. The third-order valence-corrected chi connectivity index (χ3v) is 4.88. The molecule has 0 radical (unpaired) electrons. The minimum Gasteiger partial charge on any atom is -0.340 e. The minimum atomic E-state index is -0.426. The molecule has 4 rings (SSSR count). The van der Waals surface area contributed by atoms with Crippen LogP contribution in [0.2, 0.25) is 0 Å². The van der Waals surface area contributed by atoms with E-state index in [1.807, 2.05) is 0 Å². The Morgan fingerprint density at radius 3 is 1.79 bits per heavy atom. The van der Waals surface area contributed by atoms with Crippen LogP contribution < -0.4 is 9.80 Å². The van der Waals surface area contributed by atoms with Gasteiger partial charge in [-0.25, -0.2) is 28.7 Å². The summed E-state index contributed by atoms with van der Waals surface area (Å²) in [5.41, 5.74) is 0.119. The molecule has 0 unspecified atom stereocenters. The van der Waals surface area contributed by atoms with Crippen molar-refractivity contribution >= 4 is 11.9 Å². The van der Waals surface area contributed by atoms with E-state index in [9.17, 15) is 8.78 Å². The fourth-order valence-corrected chi connectivity index (χ4v) is 3.76. The molecule has 2 aromatic rings. The lowest BCUT2D eigenvalue weighted by Crippen LogP contribution is -2.45. The van der Waals surface area contributed by atoms with Crippen LogP contribution in [0, 0.1) is 17.0 Å². The van der Waals surface area contributed by atoms with E-state index >= 15 is 0 Å². The first-order valence-corrected chi connectivity index (χ1v) is 8.09. The van der Waals surface area contributed by atoms with Gasteiger partial charge in [0.2, 0.25) is 11.9 Å². The number of halogens is 2. The third kappa shape index (κ3) is 2.88. The first-order chi connectivity index (χ1) is 11.6. The number of piperidine rings is 1. The van der Waals surface area contributed by atoms with Gasteiger partial charge in [0, 0.05) is 31.6 Å². The lowest BCUT2D eigenvalue weighted by Gasteiger charge is -2.40. The summed E-state index contributed by atoms with van der Waals surface area (Å²) in [5.74, 6) is 0.298. The largest absolute Gasteiger partial charge is 0.340 e. The molecule has 0 saturated carbocycles. The van der Waals surface area contributed by atoms with Crippen molar-refractivity contribution < 1.29 is 8.78 Å².